The maximum absolute atomic E-state index is 15.1. The minimum atomic E-state index is -4.34. The van der Waals surface area contributed by atoms with E-state index in [9.17, 15) is 31.9 Å². The molecule has 0 aromatic heterocycles. The number of anilines is 2. The molecule has 2 aromatic rings. The molecule has 1 saturated heterocycles. The summed E-state index contributed by atoms with van der Waals surface area (Å²) >= 11 is 0. The number of aromatic hydroxyl groups is 1. The zero-order valence-corrected chi connectivity index (χ0v) is 15.8. The summed E-state index contributed by atoms with van der Waals surface area (Å²) < 4.78 is 67.1. The lowest BCUT2D eigenvalue weighted by atomic mass is 10.0. The molecule has 1 aliphatic heterocycles. The van der Waals surface area contributed by atoms with Crippen molar-refractivity contribution < 1.29 is 36.3 Å². The number of rotatable bonds is 4. The summed E-state index contributed by atoms with van der Waals surface area (Å²) in [6.07, 6.45) is -0.505. The molecule has 8 nitrogen and oxygen atoms in total. The largest absolute Gasteiger partial charge is 0.506 e. The van der Waals surface area contributed by atoms with Crippen LogP contribution in [-0.2, 0) is 19.8 Å². The highest BCUT2D eigenvalue weighted by atomic mass is 32.2. The Labute approximate surface area is 168 Å². The van der Waals surface area contributed by atoms with Crippen molar-refractivity contribution in [3.05, 3.63) is 42.2 Å². The SMILES string of the molecule is O=C1CN(c2c(O)ccc(-c3ccc(NC(=O)C4CC4(F)F)cc3)c2F)S(=O)(=O)N1. The van der Waals surface area contributed by atoms with Gasteiger partial charge >= 0.3 is 10.2 Å². The first-order valence-corrected chi connectivity index (χ1v) is 10.1. The molecule has 3 N–H and O–H groups in total. The van der Waals surface area contributed by atoms with Gasteiger partial charge in [-0.05, 0) is 29.8 Å². The number of phenols is 1. The highest BCUT2D eigenvalue weighted by Crippen LogP contribution is 2.49. The van der Waals surface area contributed by atoms with E-state index in [1.165, 1.54) is 30.3 Å². The molecule has 2 aliphatic rings. The summed E-state index contributed by atoms with van der Waals surface area (Å²) in [5, 5.41) is 12.3. The lowest BCUT2D eigenvalue weighted by Gasteiger charge is -2.18. The van der Waals surface area contributed by atoms with Gasteiger partial charge in [-0.2, -0.15) is 8.42 Å². The number of phenolic OH excluding ortho intramolecular Hbond substituents is 1. The fourth-order valence-corrected chi connectivity index (χ4v) is 4.28. The van der Waals surface area contributed by atoms with Crippen LogP contribution in [0.4, 0.5) is 24.5 Å². The average Bonchev–Trinajstić information content (AvgIpc) is 3.20. The van der Waals surface area contributed by atoms with E-state index < -0.39 is 64.1 Å². The van der Waals surface area contributed by atoms with E-state index in [0.717, 1.165) is 6.07 Å². The van der Waals surface area contributed by atoms with Gasteiger partial charge in [0.15, 0.2) is 5.82 Å². The molecule has 12 heteroatoms. The van der Waals surface area contributed by atoms with Crippen LogP contribution in [0.5, 0.6) is 5.75 Å². The quantitative estimate of drug-likeness (QED) is 0.671. The minimum absolute atomic E-state index is 0.0797. The highest BCUT2D eigenvalue weighted by Gasteiger charge is 2.61. The van der Waals surface area contributed by atoms with E-state index in [-0.39, 0.29) is 16.8 Å². The Balaban J connectivity index is 1.62. The van der Waals surface area contributed by atoms with E-state index in [1.54, 1.807) is 4.72 Å². The van der Waals surface area contributed by atoms with Gasteiger partial charge in [0, 0.05) is 17.7 Å². The van der Waals surface area contributed by atoms with Gasteiger partial charge in [-0.25, -0.2) is 22.2 Å². The molecule has 1 heterocycles. The zero-order valence-electron chi connectivity index (χ0n) is 15.0. The third kappa shape index (κ3) is 3.43. The van der Waals surface area contributed by atoms with Crippen molar-refractivity contribution in [1.29, 1.82) is 0 Å². The van der Waals surface area contributed by atoms with E-state index in [4.69, 9.17) is 0 Å². The fraction of sp³-hybridized carbons (Fsp3) is 0.222. The second-order valence-electron chi connectivity index (χ2n) is 6.92. The molecule has 1 unspecified atom stereocenters. The van der Waals surface area contributed by atoms with Crippen molar-refractivity contribution in [2.24, 2.45) is 5.92 Å². The predicted molar refractivity (Wildman–Crippen MR) is 99.6 cm³/mol. The van der Waals surface area contributed by atoms with Crippen LogP contribution >= 0.6 is 0 Å². The first-order chi connectivity index (χ1) is 14.0. The van der Waals surface area contributed by atoms with Gasteiger partial charge in [-0.3, -0.25) is 9.59 Å². The number of hydrogen-bond acceptors (Lipinski definition) is 5. The maximum atomic E-state index is 15.1. The summed E-state index contributed by atoms with van der Waals surface area (Å²) in [6, 6.07) is 7.82. The number of nitrogens with zero attached hydrogens (tertiary/aromatic N) is 1. The molecule has 1 atom stereocenters. The van der Waals surface area contributed by atoms with Crippen LogP contribution in [0.2, 0.25) is 0 Å². The molecule has 0 spiro atoms. The lowest BCUT2D eigenvalue weighted by molar-refractivity contribution is -0.119. The normalized spacial score (nSPS) is 21.2. The van der Waals surface area contributed by atoms with Gasteiger partial charge in [-0.1, -0.05) is 12.1 Å². The van der Waals surface area contributed by atoms with Crippen molar-refractivity contribution in [3.63, 3.8) is 0 Å². The van der Waals surface area contributed by atoms with Crippen LogP contribution in [0.15, 0.2) is 36.4 Å². The number of alkyl halides is 2. The average molecular weight is 441 g/mol. The summed E-state index contributed by atoms with van der Waals surface area (Å²) in [5.74, 6) is -7.81. The summed E-state index contributed by atoms with van der Waals surface area (Å²) in [4.78, 5) is 23.2. The number of hydrogen-bond donors (Lipinski definition) is 3. The topological polar surface area (TPSA) is 116 Å². The Kier molecular flexibility index (Phi) is 4.42. The number of carbonyl (C=O) groups excluding carboxylic acids is 2. The van der Waals surface area contributed by atoms with Crippen molar-refractivity contribution in [3.8, 4) is 16.9 Å². The van der Waals surface area contributed by atoms with Crippen LogP contribution < -0.4 is 14.3 Å². The van der Waals surface area contributed by atoms with E-state index in [0.29, 0.717) is 4.31 Å². The molecule has 4 rings (SSSR count). The van der Waals surface area contributed by atoms with Gasteiger partial charge in [0.1, 0.15) is 23.9 Å². The molecule has 0 radical (unpaired) electrons. The number of carbonyl (C=O) groups is 2. The molecule has 1 saturated carbocycles. The second-order valence-corrected chi connectivity index (χ2v) is 8.51. The summed E-state index contributed by atoms with van der Waals surface area (Å²) in [5.41, 5.74) is -0.273. The zero-order chi connectivity index (χ0) is 21.8. The molecule has 2 amide bonds. The molecular formula is C18H14F3N3O5S. The molecule has 2 fully saturated rings. The van der Waals surface area contributed by atoms with Crippen molar-refractivity contribution in [1.82, 2.24) is 4.72 Å². The maximum Gasteiger partial charge on any atom is 0.326 e. The number of halogens is 3. The Morgan fingerprint density at radius 1 is 1.20 bits per heavy atom. The Hall–Kier alpha value is -3.28. The van der Waals surface area contributed by atoms with Gasteiger partial charge < -0.3 is 10.4 Å². The number of benzene rings is 2. The standard InChI is InChI=1S/C18H14F3N3O5S/c19-15-11(5-6-13(25)16(15)24-8-14(26)23-30(24,28)29)9-1-3-10(4-2-9)22-17(27)12-7-18(12,20)21/h1-6,12,25H,7-8H2,(H,22,27)(H,23,26). The van der Waals surface area contributed by atoms with Crippen LogP contribution in [0, 0.1) is 11.7 Å². The molecular weight excluding hydrogens is 427 g/mol. The van der Waals surface area contributed by atoms with E-state index in [1.807, 2.05) is 0 Å². The minimum Gasteiger partial charge on any atom is -0.506 e. The molecule has 2 aromatic carbocycles. The van der Waals surface area contributed by atoms with Gasteiger partial charge in [0.05, 0.1) is 0 Å². The number of amides is 2. The number of nitrogens with one attached hydrogen (secondary N) is 2. The third-order valence-electron chi connectivity index (χ3n) is 4.77. The molecule has 1 aliphatic carbocycles. The van der Waals surface area contributed by atoms with Crippen LogP contribution in [0.25, 0.3) is 11.1 Å². The Morgan fingerprint density at radius 2 is 1.83 bits per heavy atom. The second kappa shape index (κ2) is 6.62. The monoisotopic (exact) mass is 441 g/mol. The Morgan fingerprint density at radius 3 is 2.37 bits per heavy atom. The molecule has 0 bridgehead atoms. The highest BCUT2D eigenvalue weighted by molar-refractivity contribution is 7.92. The first-order valence-electron chi connectivity index (χ1n) is 8.63. The summed E-state index contributed by atoms with van der Waals surface area (Å²) in [7, 11) is -4.34. The third-order valence-corrected chi connectivity index (χ3v) is 6.15. The van der Waals surface area contributed by atoms with Crippen LogP contribution in [0.1, 0.15) is 6.42 Å². The fourth-order valence-electron chi connectivity index (χ4n) is 3.12. The van der Waals surface area contributed by atoms with Gasteiger partial charge in [0.25, 0.3) is 11.8 Å². The Bertz CT molecular complexity index is 1170. The predicted octanol–water partition coefficient (Wildman–Crippen LogP) is 1.97. The van der Waals surface area contributed by atoms with Crippen molar-refractivity contribution >= 4 is 33.4 Å². The van der Waals surface area contributed by atoms with Crippen molar-refractivity contribution in [2.45, 2.75) is 12.3 Å². The van der Waals surface area contributed by atoms with Crippen LogP contribution in [0.3, 0.4) is 0 Å². The first kappa shape index (κ1) is 20.0. The summed E-state index contributed by atoms with van der Waals surface area (Å²) in [6.45, 7) is -0.687. The lowest BCUT2D eigenvalue weighted by Crippen LogP contribution is -2.30. The molecule has 158 valence electrons. The van der Waals surface area contributed by atoms with Crippen molar-refractivity contribution in [2.75, 3.05) is 16.2 Å². The van der Waals surface area contributed by atoms with E-state index in [2.05, 4.69) is 5.32 Å². The van der Waals surface area contributed by atoms with Gasteiger partial charge in [0.2, 0.25) is 5.91 Å². The van der Waals surface area contributed by atoms with Crippen LogP contribution in [-0.4, -0.2) is 37.8 Å². The molecule has 30 heavy (non-hydrogen) atoms. The smallest absolute Gasteiger partial charge is 0.326 e. The van der Waals surface area contributed by atoms with Gasteiger partial charge in [-0.15, -0.1) is 0 Å². The van der Waals surface area contributed by atoms with E-state index >= 15 is 4.39 Å².